The Morgan fingerprint density at radius 2 is 0.761 bits per heavy atom. The van der Waals surface area contributed by atoms with Crippen molar-refractivity contribution in [1.82, 2.24) is 0 Å². The highest BCUT2D eigenvalue weighted by atomic mass is 16.3. The van der Waals surface area contributed by atoms with Crippen LogP contribution in [0.2, 0.25) is 0 Å². The summed E-state index contributed by atoms with van der Waals surface area (Å²) >= 11 is 0. The third-order valence-electron chi connectivity index (χ3n) is 15.5. The van der Waals surface area contributed by atoms with Crippen LogP contribution in [0.15, 0.2) is 229 Å². The molecule has 0 atom stereocenters. The Balaban J connectivity index is 1.11. The average Bonchev–Trinajstić information content (AvgIpc) is 3.79. The van der Waals surface area contributed by atoms with Gasteiger partial charge in [-0.2, -0.15) is 0 Å². The lowest BCUT2D eigenvalue weighted by molar-refractivity contribution is 0.590. The Morgan fingerprint density at radius 3 is 1.30 bits per heavy atom. The zero-order valence-electron chi connectivity index (χ0n) is 39.7. The highest BCUT2D eigenvalue weighted by Gasteiger charge is 2.49. The summed E-state index contributed by atoms with van der Waals surface area (Å²) < 4.78 is 6.96. The van der Waals surface area contributed by atoms with E-state index in [0.717, 1.165) is 61.8 Å². The van der Waals surface area contributed by atoms with Crippen LogP contribution in [0.5, 0.6) is 0 Å². The monoisotopic (exact) mass is 908 g/mol. The molecule has 0 saturated heterocycles. The number of fused-ring (bicyclic) bond motifs is 12. The van der Waals surface area contributed by atoms with Crippen LogP contribution in [-0.2, 0) is 5.41 Å². The normalized spacial score (nSPS) is 14.0. The van der Waals surface area contributed by atoms with Crippen LogP contribution in [0.1, 0.15) is 26.3 Å². The fourth-order valence-corrected chi connectivity index (χ4v) is 12.5. The van der Waals surface area contributed by atoms with Crippen LogP contribution < -0.4 is 52.4 Å². The summed E-state index contributed by atoms with van der Waals surface area (Å²) in [6.07, 6.45) is 0. The number of hydrogen-bond donors (Lipinski definition) is 0. The molecule has 15 rings (SSSR count). The van der Waals surface area contributed by atoms with Crippen molar-refractivity contribution >= 4 is 136 Å². The van der Waals surface area contributed by atoms with Crippen LogP contribution in [0, 0.1) is 0 Å². The van der Waals surface area contributed by atoms with E-state index < -0.39 is 0 Å². The van der Waals surface area contributed by atoms with E-state index in [4.69, 9.17) is 4.42 Å². The molecule has 0 saturated carbocycles. The number of nitrogens with zero attached hydrogens (tertiary/aromatic N) is 4. The maximum atomic E-state index is 6.96. The minimum Gasteiger partial charge on any atom is -0.456 e. The summed E-state index contributed by atoms with van der Waals surface area (Å²) in [7, 11) is 0. The molecule has 5 heterocycles. The summed E-state index contributed by atoms with van der Waals surface area (Å²) in [5.74, 6) is 0. The molecule has 71 heavy (non-hydrogen) atoms. The van der Waals surface area contributed by atoms with Gasteiger partial charge in [-0.25, -0.2) is 0 Å². The number of furan rings is 1. The average molecular weight is 909 g/mol. The van der Waals surface area contributed by atoms with E-state index in [1.807, 2.05) is 0 Å². The van der Waals surface area contributed by atoms with E-state index in [9.17, 15) is 0 Å². The second-order valence-corrected chi connectivity index (χ2v) is 20.4. The van der Waals surface area contributed by atoms with E-state index in [0.29, 0.717) is 0 Å². The quantitative estimate of drug-likeness (QED) is 0.164. The fourth-order valence-electron chi connectivity index (χ4n) is 12.5. The van der Waals surface area contributed by atoms with Crippen LogP contribution in [0.25, 0.3) is 21.9 Å². The van der Waals surface area contributed by atoms with Gasteiger partial charge < -0.3 is 24.0 Å². The fraction of sp³-hybridized carbons (Fsp3) is 0.0625. The van der Waals surface area contributed by atoms with Crippen molar-refractivity contribution in [2.24, 2.45) is 0 Å². The standard InChI is InChI=1S/C64H46B2N4O/c1-64(2,3)41-36-55-61-56(37-41)69(44-26-12-6-13-27-44)53-39-54-50(38-49(53)65(61)47-31-17-19-33-51(47)67(55)42-22-8-4-9-23-42)66-48-32-18-20-34-52(48)68(43-24-10-5-11-25-43)57-40-59-60(46-30-16-21-35-58(46)71-59)63(62(57)66)70(54)45-28-14-7-15-29-45/h4-40H,1-3H3. The van der Waals surface area contributed by atoms with Gasteiger partial charge >= 0.3 is 0 Å². The highest BCUT2D eigenvalue weighted by Crippen LogP contribution is 2.52. The molecule has 0 radical (unpaired) electrons. The molecule has 0 bridgehead atoms. The first-order chi connectivity index (χ1) is 34.9. The SMILES string of the molecule is CC(C)(C)c1cc2c3c(c1)N(c1ccccc1)c1cc4c(cc1B3c1ccccc1N2c1ccccc1)B1c2ccccc2N(c2ccccc2)c2cc3oc5ccccc5c3c(c21)N4c1ccccc1. The van der Waals surface area contributed by atoms with Crippen molar-refractivity contribution in [2.75, 3.05) is 19.6 Å². The van der Waals surface area contributed by atoms with Crippen LogP contribution in [-0.4, -0.2) is 13.4 Å². The van der Waals surface area contributed by atoms with Gasteiger partial charge in [-0.15, -0.1) is 0 Å². The molecule has 0 amide bonds. The molecule has 0 unspecified atom stereocenters. The molecule has 5 nitrogen and oxygen atoms in total. The molecular weight excluding hydrogens is 862 g/mol. The molecule has 334 valence electrons. The third-order valence-corrected chi connectivity index (χ3v) is 15.5. The molecule has 1 aromatic heterocycles. The number of benzene rings is 10. The van der Waals surface area contributed by atoms with Crippen LogP contribution >= 0.6 is 0 Å². The molecule has 0 N–H and O–H groups in total. The van der Waals surface area contributed by atoms with Crippen molar-refractivity contribution in [3.63, 3.8) is 0 Å². The summed E-state index contributed by atoms with van der Waals surface area (Å²) in [6, 6.07) is 83.1. The zero-order chi connectivity index (χ0) is 47.1. The second-order valence-electron chi connectivity index (χ2n) is 20.4. The van der Waals surface area contributed by atoms with Gasteiger partial charge in [0.05, 0.1) is 11.1 Å². The Hall–Kier alpha value is -8.67. The number of rotatable bonds is 4. The predicted molar refractivity (Wildman–Crippen MR) is 300 cm³/mol. The van der Waals surface area contributed by atoms with Crippen LogP contribution in [0.3, 0.4) is 0 Å². The summed E-state index contributed by atoms with van der Waals surface area (Å²) in [6.45, 7) is 6.85. The lowest BCUT2D eigenvalue weighted by Crippen LogP contribution is -2.65. The van der Waals surface area contributed by atoms with Crippen molar-refractivity contribution < 1.29 is 4.42 Å². The van der Waals surface area contributed by atoms with Gasteiger partial charge in [-0.3, -0.25) is 0 Å². The summed E-state index contributed by atoms with van der Waals surface area (Å²) in [5.41, 5.74) is 24.5. The van der Waals surface area contributed by atoms with E-state index in [1.54, 1.807) is 0 Å². The second kappa shape index (κ2) is 14.9. The smallest absolute Gasteiger partial charge is 0.252 e. The van der Waals surface area contributed by atoms with E-state index in [2.05, 4.69) is 265 Å². The lowest BCUT2D eigenvalue weighted by Gasteiger charge is -2.47. The minimum absolute atomic E-state index is 0.0589. The first-order valence-corrected chi connectivity index (χ1v) is 24.8. The minimum atomic E-state index is -0.134. The van der Waals surface area contributed by atoms with Crippen molar-refractivity contribution in [3.8, 4) is 0 Å². The summed E-state index contributed by atoms with van der Waals surface area (Å²) in [5, 5.41) is 2.23. The molecule has 11 aromatic rings. The van der Waals surface area contributed by atoms with Gasteiger partial charge in [-0.05, 0) is 129 Å². The number of anilines is 12. The van der Waals surface area contributed by atoms with E-state index >= 15 is 0 Å². The Morgan fingerprint density at radius 1 is 0.338 bits per heavy atom. The molecule has 4 aliphatic rings. The van der Waals surface area contributed by atoms with Gasteiger partial charge in [0.2, 0.25) is 0 Å². The Kier molecular flexibility index (Phi) is 8.45. The van der Waals surface area contributed by atoms with Crippen molar-refractivity contribution in [3.05, 3.63) is 230 Å². The molecule has 4 aliphatic heterocycles. The van der Waals surface area contributed by atoms with Gasteiger partial charge in [0.1, 0.15) is 11.2 Å². The van der Waals surface area contributed by atoms with Gasteiger partial charge in [0, 0.05) is 74.0 Å². The van der Waals surface area contributed by atoms with Gasteiger partial charge in [0.15, 0.2) is 0 Å². The van der Waals surface area contributed by atoms with E-state index in [1.165, 1.54) is 66.8 Å². The third kappa shape index (κ3) is 5.72. The molecular formula is C64H46B2N4O. The predicted octanol–water partition coefficient (Wildman–Crippen LogP) is 13.0. The summed E-state index contributed by atoms with van der Waals surface area (Å²) in [4.78, 5) is 10.1. The van der Waals surface area contributed by atoms with Crippen molar-refractivity contribution in [2.45, 2.75) is 26.2 Å². The van der Waals surface area contributed by atoms with Gasteiger partial charge in [0.25, 0.3) is 13.4 Å². The molecule has 0 spiro atoms. The molecule has 0 fully saturated rings. The highest BCUT2D eigenvalue weighted by molar-refractivity contribution is 7.03. The van der Waals surface area contributed by atoms with Crippen molar-refractivity contribution in [1.29, 1.82) is 0 Å². The largest absolute Gasteiger partial charge is 0.456 e. The first-order valence-electron chi connectivity index (χ1n) is 24.8. The Bertz CT molecular complexity index is 3960. The Labute approximate surface area is 414 Å². The van der Waals surface area contributed by atoms with E-state index in [-0.39, 0.29) is 18.8 Å². The number of para-hydroxylation sites is 7. The topological polar surface area (TPSA) is 26.1 Å². The zero-order valence-corrected chi connectivity index (χ0v) is 39.7. The molecule has 7 heteroatoms. The maximum absolute atomic E-state index is 6.96. The van der Waals surface area contributed by atoms with Crippen LogP contribution in [0.4, 0.5) is 68.2 Å². The number of hydrogen-bond acceptors (Lipinski definition) is 5. The first kappa shape index (κ1) is 40.2. The lowest BCUT2D eigenvalue weighted by atomic mass is 9.30. The molecule has 10 aromatic carbocycles. The van der Waals surface area contributed by atoms with Gasteiger partial charge in [-0.1, -0.05) is 154 Å². The molecule has 0 aliphatic carbocycles. The maximum Gasteiger partial charge on any atom is 0.252 e.